The molecule has 0 aliphatic carbocycles. The molecule has 4 nitrogen and oxygen atoms in total. The molecule has 6 heteroatoms. The van der Waals surface area contributed by atoms with E-state index in [1.54, 1.807) is 6.07 Å². The number of aliphatic hydroxyl groups excluding tert-OH is 1. The zero-order chi connectivity index (χ0) is 13.1. The van der Waals surface area contributed by atoms with Gasteiger partial charge in [-0.2, -0.15) is 0 Å². The molecule has 1 aromatic carbocycles. The van der Waals surface area contributed by atoms with Crippen molar-refractivity contribution in [2.45, 2.75) is 18.9 Å². The van der Waals surface area contributed by atoms with Gasteiger partial charge in [-0.15, -0.1) is 0 Å². The fourth-order valence-corrected chi connectivity index (χ4v) is 1.70. The standard InChI is InChI=1S/C11H13ClFNO3/c1-11(6-15,14-10(16)17)5-7-3-2-4-8(12)9(7)13/h2-4,14-15H,5-6H2,1H3,(H,16,17). The molecule has 1 amide bonds. The molecular weight excluding hydrogens is 249 g/mol. The highest BCUT2D eigenvalue weighted by Gasteiger charge is 2.27. The van der Waals surface area contributed by atoms with Gasteiger partial charge in [0.1, 0.15) is 5.82 Å². The van der Waals surface area contributed by atoms with E-state index >= 15 is 0 Å². The summed E-state index contributed by atoms with van der Waals surface area (Å²) in [6.45, 7) is 1.05. The van der Waals surface area contributed by atoms with Crippen LogP contribution >= 0.6 is 11.6 Å². The van der Waals surface area contributed by atoms with Crippen molar-refractivity contribution in [3.05, 3.63) is 34.6 Å². The number of hydrogen-bond donors (Lipinski definition) is 3. The van der Waals surface area contributed by atoms with Crippen molar-refractivity contribution >= 4 is 17.7 Å². The molecule has 0 spiro atoms. The van der Waals surface area contributed by atoms with Gasteiger partial charge in [0.05, 0.1) is 17.2 Å². The Hall–Kier alpha value is -1.33. The van der Waals surface area contributed by atoms with Crippen LogP contribution in [0.25, 0.3) is 0 Å². The van der Waals surface area contributed by atoms with Gasteiger partial charge in [0.25, 0.3) is 0 Å². The molecule has 1 unspecified atom stereocenters. The van der Waals surface area contributed by atoms with E-state index in [4.69, 9.17) is 16.7 Å². The maximum atomic E-state index is 13.6. The van der Waals surface area contributed by atoms with Crippen molar-refractivity contribution in [1.82, 2.24) is 5.32 Å². The smallest absolute Gasteiger partial charge is 0.405 e. The van der Waals surface area contributed by atoms with E-state index in [0.717, 1.165) is 0 Å². The van der Waals surface area contributed by atoms with Gasteiger partial charge in [0.2, 0.25) is 0 Å². The van der Waals surface area contributed by atoms with Gasteiger partial charge in [-0.3, -0.25) is 0 Å². The van der Waals surface area contributed by atoms with Crippen LogP contribution in [0.5, 0.6) is 0 Å². The maximum absolute atomic E-state index is 13.6. The van der Waals surface area contributed by atoms with Gasteiger partial charge in [0, 0.05) is 6.42 Å². The monoisotopic (exact) mass is 261 g/mol. The predicted molar refractivity (Wildman–Crippen MR) is 61.8 cm³/mol. The second-order valence-corrected chi connectivity index (χ2v) is 4.45. The molecule has 17 heavy (non-hydrogen) atoms. The lowest BCUT2D eigenvalue weighted by atomic mass is 9.93. The van der Waals surface area contributed by atoms with Crippen LogP contribution < -0.4 is 5.32 Å². The first-order valence-electron chi connectivity index (χ1n) is 4.93. The first-order valence-corrected chi connectivity index (χ1v) is 5.30. The fraction of sp³-hybridized carbons (Fsp3) is 0.364. The number of amides is 1. The number of nitrogens with one attached hydrogen (secondary N) is 1. The number of carboxylic acid groups (broad SMARTS) is 1. The summed E-state index contributed by atoms with van der Waals surface area (Å²) in [5, 5.41) is 19.9. The van der Waals surface area contributed by atoms with Crippen LogP contribution in [-0.2, 0) is 6.42 Å². The molecule has 94 valence electrons. The van der Waals surface area contributed by atoms with Gasteiger partial charge < -0.3 is 15.5 Å². The van der Waals surface area contributed by atoms with Crippen LogP contribution in [0.4, 0.5) is 9.18 Å². The molecular formula is C11H13ClFNO3. The lowest BCUT2D eigenvalue weighted by Gasteiger charge is -2.27. The fourth-order valence-electron chi connectivity index (χ4n) is 1.50. The summed E-state index contributed by atoms with van der Waals surface area (Å²) < 4.78 is 13.6. The summed E-state index contributed by atoms with van der Waals surface area (Å²) in [5.41, 5.74) is -0.889. The first-order chi connectivity index (χ1) is 7.88. The van der Waals surface area contributed by atoms with E-state index in [0.29, 0.717) is 0 Å². The van der Waals surface area contributed by atoms with Crippen molar-refractivity contribution in [3.63, 3.8) is 0 Å². The number of hydrogen-bond acceptors (Lipinski definition) is 2. The molecule has 0 saturated heterocycles. The Labute approximate surface area is 103 Å². The molecule has 0 radical (unpaired) electrons. The molecule has 0 heterocycles. The highest BCUT2D eigenvalue weighted by atomic mass is 35.5. The summed E-state index contributed by atoms with van der Waals surface area (Å²) in [7, 11) is 0. The van der Waals surface area contributed by atoms with Crippen molar-refractivity contribution in [1.29, 1.82) is 0 Å². The Balaban J connectivity index is 2.94. The van der Waals surface area contributed by atoms with Crippen molar-refractivity contribution in [3.8, 4) is 0 Å². The van der Waals surface area contributed by atoms with Crippen LogP contribution in [0.2, 0.25) is 5.02 Å². The third kappa shape index (κ3) is 3.57. The lowest BCUT2D eigenvalue weighted by Crippen LogP contribution is -2.50. The van der Waals surface area contributed by atoms with Crippen LogP contribution in [0.15, 0.2) is 18.2 Å². The van der Waals surface area contributed by atoms with Gasteiger partial charge in [-0.05, 0) is 18.6 Å². The van der Waals surface area contributed by atoms with Crippen molar-refractivity contribution < 1.29 is 19.4 Å². The van der Waals surface area contributed by atoms with E-state index < -0.39 is 24.1 Å². The quantitative estimate of drug-likeness (QED) is 0.777. The topological polar surface area (TPSA) is 69.6 Å². The van der Waals surface area contributed by atoms with E-state index in [1.165, 1.54) is 19.1 Å². The molecule has 0 aliphatic rings. The second-order valence-electron chi connectivity index (χ2n) is 4.04. The highest BCUT2D eigenvalue weighted by molar-refractivity contribution is 6.30. The summed E-state index contributed by atoms with van der Waals surface area (Å²) in [6.07, 6.45) is -1.26. The predicted octanol–water partition coefficient (Wildman–Crippen LogP) is 2.04. The van der Waals surface area contributed by atoms with E-state index in [2.05, 4.69) is 5.32 Å². The minimum atomic E-state index is -1.27. The molecule has 1 aromatic rings. The Kier molecular flexibility index (Phi) is 4.31. The minimum absolute atomic E-state index is 0.0161. The van der Waals surface area contributed by atoms with Gasteiger partial charge in [0.15, 0.2) is 0 Å². The average molecular weight is 262 g/mol. The van der Waals surface area contributed by atoms with Gasteiger partial charge >= 0.3 is 6.09 Å². The molecule has 0 saturated carbocycles. The van der Waals surface area contributed by atoms with E-state index in [1.807, 2.05) is 0 Å². The molecule has 0 fully saturated rings. The Morgan fingerprint density at radius 3 is 2.76 bits per heavy atom. The molecule has 1 atom stereocenters. The van der Waals surface area contributed by atoms with Crippen LogP contribution in [0.1, 0.15) is 12.5 Å². The summed E-state index contributed by atoms with van der Waals surface area (Å²) in [4.78, 5) is 10.6. The van der Waals surface area contributed by atoms with Crippen molar-refractivity contribution in [2.24, 2.45) is 0 Å². The van der Waals surface area contributed by atoms with Crippen LogP contribution in [-0.4, -0.2) is 28.5 Å². The summed E-state index contributed by atoms with van der Waals surface area (Å²) in [5.74, 6) is -0.596. The van der Waals surface area contributed by atoms with Gasteiger partial charge in [-0.1, -0.05) is 23.7 Å². The highest BCUT2D eigenvalue weighted by Crippen LogP contribution is 2.21. The van der Waals surface area contributed by atoms with E-state index in [9.17, 15) is 14.3 Å². The minimum Gasteiger partial charge on any atom is -0.465 e. The number of halogens is 2. The maximum Gasteiger partial charge on any atom is 0.405 e. The van der Waals surface area contributed by atoms with Gasteiger partial charge in [-0.25, -0.2) is 9.18 Å². The Bertz CT molecular complexity index is 427. The Morgan fingerprint density at radius 2 is 2.24 bits per heavy atom. The number of carbonyl (C=O) groups is 1. The lowest BCUT2D eigenvalue weighted by molar-refractivity contribution is 0.145. The van der Waals surface area contributed by atoms with Crippen LogP contribution in [0.3, 0.4) is 0 Å². The summed E-state index contributed by atoms with van der Waals surface area (Å²) >= 11 is 5.62. The van der Waals surface area contributed by atoms with Crippen LogP contribution in [0, 0.1) is 5.82 Å². The molecule has 3 N–H and O–H groups in total. The number of rotatable bonds is 4. The number of aliphatic hydroxyl groups is 1. The van der Waals surface area contributed by atoms with Crippen molar-refractivity contribution in [2.75, 3.05) is 6.61 Å². The number of benzene rings is 1. The third-order valence-corrected chi connectivity index (χ3v) is 2.66. The normalized spacial score (nSPS) is 14.1. The average Bonchev–Trinajstić information content (AvgIpc) is 2.24. The zero-order valence-electron chi connectivity index (χ0n) is 9.20. The summed E-state index contributed by atoms with van der Waals surface area (Å²) in [6, 6.07) is 4.47. The molecule has 0 bridgehead atoms. The second kappa shape index (κ2) is 5.33. The SMILES string of the molecule is CC(CO)(Cc1cccc(Cl)c1F)NC(=O)O. The molecule has 0 aliphatic heterocycles. The largest absolute Gasteiger partial charge is 0.465 e. The molecule has 0 aromatic heterocycles. The molecule has 1 rings (SSSR count). The first kappa shape index (κ1) is 13.7. The van der Waals surface area contributed by atoms with E-state index in [-0.39, 0.29) is 17.0 Å². The Morgan fingerprint density at radius 1 is 1.59 bits per heavy atom. The third-order valence-electron chi connectivity index (χ3n) is 2.37. The zero-order valence-corrected chi connectivity index (χ0v) is 9.96.